The van der Waals surface area contributed by atoms with E-state index >= 15 is 0 Å². The van der Waals surface area contributed by atoms with Crippen molar-refractivity contribution in [2.24, 2.45) is 0 Å². The zero-order valence-corrected chi connectivity index (χ0v) is 15.6. The summed E-state index contributed by atoms with van der Waals surface area (Å²) < 4.78 is 20.0. The van der Waals surface area contributed by atoms with Crippen LogP contribution in [0, 0.1) is 5.82 Å². The third-order valence-electron chi connectivity index (χ3n) is 4.71. The molecule has 0 atom stereocenters. The molecule has 2 aromatic rings. The van der Waals surface area contributed by atoms with Crippen molar-refractivity contribution in [1.29, 1.82) is 0 Å². The number of ether oxygens (including phenoxy) is 1. The molecule has 1 aliphatic rings. The average Bonchev–Trinajstić information content (AvgIpc) is 3.18. The smallest absolute Gasteiger partial charge is 0.257 e. The predicted molar refractivity (Wildman–Crippen MR) is 107 cm³/mol. The van der Waals surface area contributed by atoms with Gasteiger partial charge in [0.1, 0.15) is 11.6 Å². The Hall–Kier alpha value is -2.76. The molecular weight excluding hydrogens is 345 g/mol. The molecule has 0 spiro atoms. The van der Waals surface area contributed by atoms with Gasteiger partial charge in [0, 0.05) is 30.5 Å². The number of hydrogen-bond acceptors (Lipinski definition) is 4. The summed E-state index contributed by atoms with van der Waals surface area (Å²) in [4.78, 5) is 14.6. The van der Waals surface area contributed by atoms with Crippen molar-refractivity contribution >= 4 is 23.0 Å². The van der Waals surface area contributed by atoms with Crippen LogP contribution in [-0.2, 0) is 0 Å². The lowest BCUT2D eigenvalue weighted by atomic mass is 10.1. The van der Waals surface area contributed by atoms with Crippen molar-refractivity contribution in [3.05, 3.63) is 47.8 Å². The van der Waals surface area contributed by atoms with Crippen LogP contribution in [0.4, 0.5) is 21.5 Å². The van der Waals surface area contributed by atoms with Gasteiger partial charge in [-0.3, -0.25) is 4.79 Å². The van der Waals surface area contributed by atoms with E-state index in [0.717, 1.165) is 44.5 Å². The first-order valence-electron chi connectivity index (χ1n) is 9.46. The second-order valence-electron chi connectivity index (χ2n) is 6.76. The Morgan fingerprint density at radius 1 is 1.22 bits per heavy atom. The van der Waals surface area contributed by atoms with Crippen LogP contribution in [-0.4, -0.2) is 25.6 Å². The van der Waals surface area contributed by atoms with E-state index in [2.05, 4.69) is 17.1 Å². The normalized spacial score (nSPS) is 13.6. The van der Waals surface area contributed by atoms with Gasteiger partial charge in [-0.05, 0) is 49.6 Å². The van der Waals surface area contributed by atoms with Crippen LogP contribution in [0.15, 0.2) is 36.4 Å². The van der Waals surface area contributed by atoms with Gasteiger partial charge in [-0.1, -0.05) is 13.3 Å². The number of halogens is 1. The Kier molecular flexibility index (Phi) is 6.16. The molecule has 27 heavy (non-hydrogen) atoms. The quantitative estimate of drug-likeness (QED) is 0.558. The summed E-state index contributed by atoms with van der Waals surface area (Å²) in [7, 11) is 0. The molecular formula is C21H26FN3O2. The van der Waals surface area contributed by atoms with Crippen LogP contribution in [0.25, 0.3) is 0 Å². The largest absolute Gasteiger partial charge is 0.494 e. The Balaban J connectivity index is 1.67. The molecule has 6 heteroatoms. The highest BCUT2D eigenvalue weighted by molar-refractivity contribution is 6.08. The second kappa shape index (κ2) is 8.75. The number of rotatable bonds is 7. The molecule has 2 aromatic carbocycles. The predicted octanol–water partition coefficient (Wildman–Crippen LogP) is 4.44. The number of nitrogens with two attached hydrogens (primary N) is 1. The van der Waals surface area contributed by atoms with Crippen LogP contribution in [0.5, 0.6) is 5.75 Å². The van der Waals surface area contributed by atoms with E-state index in [0.29, 0.717) is 23.6 Å². The van der Waals surface area contributed by atoms with Crippen molar-refractivity contribution in [2.75, 3.05) is 35.6 Å². The number of carbonyl (C=O) groups excluding carboxylic acids is 1. The minimum Gasteiger partial charge on any atom is -0.494 e. The van der Waals surface area contributed by atoms with Crippen LogP contribution in [0.1, 0.15) is 43.0 Å². The summed E-state index contributed by atoms with van der Waals surface area (Å²) >= 11 is 0. The molecule has 0 saturated carbocycles. The molecule has 1 amide bonds. The monoisotopic (exact) mass is 371 g/mol. The molecule has 1 heterocycles. The summed E-state index contributed by atoms with van der Waals surface area (Å²) in [5, 5.41) is 2.60. The van der Waals surface area contributed by atoms with E-state index in [1.54, 1.807) is 24.3 Å². The number of unbranched alkanes of at least 4 members (excludes halogenated alkanes) is 1. The number of nitrogens with zero attached hydrogens (tertiary/aromatic N) is 1. The number of hydrogen-bond donors (Lipinski definition) is 2. The number of nitrogen functional groups attached to an aromatic ring is 1. The Bertz CT molecular complexity index is 804. The van der Waals surface area contributed by atoms with E-state index in [1.807, 2.05) is 6.07 Å². The van der Waals surface area contributed by atoms with Gasteiger partial charge >= 0.3 is 0 Å². The summed E-state index contributed by atoms with van der Waals surface area (Å²) in [6.07, 6.45) is 4.24. The second-order valence-corrected chi connectivity index (χ2v) is 6.76. The SMILES string of the molecule is CCCCOc1ccc(C(=O)Nc2ccc(N3CCCC3)cc2F)c(N)c1. The molecule has 5 nitrogen and oxygen atoms in total. The minimum atomic E-state index is -0.453. The number of anilines is 3. The molecule has 1 fully saturated rings. The van der Waals surface area contributed by atoms with E-state index in [9.17, 15) is 9.18 Å². The highest BCUT2D eigenvalue weighted by Crippen LogP contribution is 2.26. The minimum absolute atomic E-state index is 0.144. The first-order chi connectivity index (χ1) is 13.1. The molecule has 1 saturated heterocycles. The van der Waals surface area contributed by atoms with Crippen LogP contribution >= 0.6 is 0 Å². The maximum Gasteiger partial charge on any atom is 0.257 e. The highest BCUT2D eigenvalue weighted by atomic mass is 19.1. The molecule has 1 aliphatic heterocycles. The lowest BCUT2D eigenvalue weighted by molar-refractivity contribution is 0.102. The van der Waals surface area contributed by atoms with Gasteiger partial charge in [-0.15, -0.1) is 0 Å². The fraction of sp³-hybridized carbons (Fsp3) is 0.381. The van der Waals surface area contributed by atoms with Gasteiger partial charge in [0.25, 0.3) is 5.91 Å². The fourth-order valence-corrected chi connectivity index (χ4v) is 3.14. The zero-order valence-electron chi connectivity index (χ0n) is 15.6. The van der Waals surface area contributed by atoms with Gasteiger partial charge in [0.2, 0.25) is 0 Å². The van der Waals surface area contributed by atoms with Gasteiger partial charge < -0.3 is 20.7 Å². The molecule has 3 rings (SSSR count). The van der Waals surface area contributed by atoms with Gasteiger partial charge in [0.05, 0.1) is 17.9 Å². The number of amides is 1. The van der Waals surface area contributed by atoms with Crippen molar-refractivity contribution < 1.29 is 13.9 Å². The zero-order chi connectivity index (χ0) is 19.2. The van der Waals surface area contributed by atoms with Crippen molar-refractivity contribution in [2.45, 2.75) is 32.6 Å². The molecule has 0 unspecified atom stereocenters. The van der Waals surface area contributed by atoms with Crippen LogP contribution in [0.3, 0.4) is 0 Å². The van der Waals surface area contributed by atoms with Gasteiger partial charge in [0.15, 0.2) is 0 Å². The van der Waals surface area contributed by atoms with Crippen molar-refractivity contribution in [3.63, 3.8) is 0 Å². The Labute approximate surface area is 159 Å². The highest BCUT2D eigenvalue weighted by Gasteiger charge is 2.16. The van der Waals surface area contributed by atoms with Gasteiger partial charge in [-0.25, -0.2) is 4.39 Å². The molecule has 0 aromatic heterocycles. The molecule has 3 N–H and O–H groups in total. The molecule has 0 bridgehead atoms. The van der Waals surface area contributed by atoms with Crippen LogP contribution < -0.4 is 20.7 Å². The first kappa shape index (κ1) is 19.0. The molecule has 0 aliphatic carbocycles. The van der Waals surface area contributed by atoms with Crippen molar-refractivity contribution in [1.82, 2.24) is 0 Å². The fourth-order valence-electron chi connectivity index (χ4n) is 3.14. The summed E-state index contributed by atoms with van der Waals surface area (Å²) in [5.41, 5.74) is 7.57. The maximum atomic E-state index is 14.4. The average molecular weight is 371 g/mol. The number of carbonyl (C=O) groups is 1. The molecule has 0 radical (unpaired) electrons. The number of benzene rings is 2. The lowest BCUT2D eigenvalue weighted by Gasteiger charge is -2.18. The first-order valence-corrected chi connectivity index (χ1v) is 9.46. The summed E-state index contributed by atoms with van der Waals surface area (Å²) in [6.45, 7) is 4.57. The summed E-state index contributed by atoms with van der Waals surface area (Å²) in [6, 6.07) is 9.82. The Morgan fingerprint density at radius 3 is 2.67 bits per heavy atom. The van der Waals surface area contributed by atoms with Crippen molar-refractivity contribution in [3.8, 4) is 5.75 Å². The van der Waals surface area contributed by atoms with E-state index in [-0.39, 0.29) is 5.69 Å². The lowest BCUT2D eigenvalue weighted by Crippen LogP contribution is -2.18. The van der Waals surface area contributed by atoms with E-state index in [4.69, 9.17) is 10.5 Å². The van der Waals surface area contributed by atoms with E-state index < -0.39 is 11.7 Å². The number of nitrogens with one attached hydrogen (secondary N) is 1. The van der Waals surface area contributed by atoms with E-state index in [1.165, 1.54) is 6.07 Å². The Morgan fingerprint density at radius 2 is 2.00 bits per heavy atom. The maximum absolute atomic E-state index is 14.4. The summed E-state index contributed by atoms with van der Waals surface area (Å²) in [5.74, 6) is -0.273. The molecule has 144 valence electrons. The third-order valence-corrected chi connectivity index (χ3v) is 4.71. The third kappa shape index (κ3) is 4.70. The van der Waals surface area contributed by atoms with Gasteiger partial charge in [-0.2, -0.15) is 0 Å². The standard InChI is InChI=1S/C21H26FN3O2/c1-2-3-12-27-16-7-8-17(19(23)14-16)21(26)24-20-9-6-15(13-18(20)22)25-10-4-5-11-25/h6-9,13-14H,2-5,10-12,23H2,1H3,(H,24,26). The topological polar surface area (TPSA) is 67.6 Å². The van der Waals surface area contributed by atoms with Crippen LogP contribution in [0.2, 0.25) is 0 Å².